The molecule has 7 nitrogen and oxygen atoms in total. The van der Waals surface area contributed by atoms with Gasteiger partial charge in [-0.15, -0.1) is 0 Å². The standard InChI is InChI=1S/C21H21N3O4S2/c1-16-7-9-17(10-8-16)21(15-29(25,26)19-5-3-2-4-6-19)24-23-18-11-13-20(14-12-18)30(22,27)28/h2-14,23H,15H2,1H3,(H2,22,27,28)/b24-21+. The maximum atomic E-state index is 12.9. The molecule has 9 heteroatoms. The maximum absolute atomic E-state index is 12.9. The van der Waals surface area contributed by atoms with Crippen molar-refractivity contribution in [2.45, 2.75) is 16.7 Å². The zero-order valence-corrected chi connectivity index (χ0v) is 17.8. The Labute approximate surface area is 176 Å². The van der Waals surface area contributed by atoms with Crippen LogP contribution in [0.3, 0.4) is 0 Å². The number of benzene rings is 3. The Hall–Kier alpha value is -3.01. The van der Waals surface area contributed by atoms with Gasteiger partial charge in [0.05, 0.1) is 26.9 Å². The van der Waals surface area contributed by atoms with Gasteiger partial charge in [0.15, 0.2) is 9.84 Å². The molecule has 3 aromatic carbocycles. The summed E-state index contributed by atoms with van der Waals surface area (Å²) in [4.78, 5) is 0.185. The number of primary sulfonamides is 1. The van der Waals surface area contributed by atoms with E-state index in [1.807, 2.05) is 19.1 Å². The Bertz CT molecular complexity index is 1250. The summed E-state index contributed by atoms with van der Waals surface area (Å²) in [6.45, 7) is 1.94. The monoisotopic (exact) mass is 443 g/mol. The number of hydrogen-bond donors (Lipinski definition) is 2. The Morgan fingerprint density at radius 3 is 2.00 bits per heavy atom. The van der Waals surface area contributed by atoms with Gasteiger partial charge in [-0.1, -0.05) is 48.0 Å². The van der Waals surface area contributed by atoms with Crippen molar-refractivity contribution in [2.24, 2.45) is 10.2 Å². The Kier molecular flexibility index (Phi) is 6.35. The first-order valence-electron chi connectivity index (χ1n) is 8.95. The summed E-state index contributed by atoms with van der Waals surface area (Å²) < 4.78 is 48.5. The van der Waals surface area contributed by atoms with Gasteiger partial charge in [0.25, 0.3) is 0 Å². The second-order valence-corrected chi connectivity index (χ2v) is 10.2. The van der Waals surface area contributed by atoms with Crippen molar-refractivity contribution in [1.29, 1.82) is 0 Å². The van der Waals surface area contributed by atoms with Gasteiger partial charge in [-0.3, -0.25) is 5.43 Å². The summed E-state index contributed by atoms with van der Waals surface area (Å²) in [5.74, 6) is -0.303. The van der Waals surface area contributed by atoms with Crippen molar-refractivity contribution in [3.63, 3.8) is 0 Å². The number of anilines is 1. The number of rotatable bonds is 7. The highest BCUT2D eigenvalue weighted by Gasteiger charge is 2.19. The van der Waals surface area contributed by atoms with Crippen LogP contribution in [0.5, 0.6) is 0 Å². The molecule has 0 fully saturated rings. The van der Waals surface area contributed by atoms with E-state index >= 15 is 0 Å². The molecule has 0 aromatic heterocycles. The molecular weight excluding hydrogens is 422 g/mol. The van der Waals surface area contributed by atoms with E-state index in [1.54, 1.807) is 42.5 Å². The lowest BCUT2D eigenvalue weighted by molar-refractivity contribution is 0.596. The highest BCUT2D eigenvalue weighted by molar-refractivity contribution is 7.92. The van der Waals surface area contributed by atoms with Crippen LogP contribution in [0.15, 0.2) is 93.8 Å². The minimum Gasteiger partial charge on any atom is -0.278 e. The average Bonchev–Trinajstić information content (AvgIpc) is 2.72. The number of hydrogen-bond acceptors (Lipinski definition) is 6. The van der Waals surface area contributed by atoms with E-state index in [9.17, 15) is 16.8 Å². The quantitative estimate of drug-likeness (QED) is 0.430. The third-order valence-electron chi connectivity index (χ3n) is 4.32. The first kappa shape index (κ1) is 21.7. The van der Waals surface area contributed by atoms with E-state index in [2.05, 4.69) is 10.5 Å². The third-order valence-corrected chi connectivity index (χ3v) is 6.89. The number of sulfonamides is 1. The number of nitrogens with zero attached hydrogens (tertiary/aromatic N) is 1. The third kappa shape index (κ3) is 5.53. The van der Waals surface area contributed by atoms with Crippen LogP contribution in [0.2, 0.25) is 0 Å². The van der Waals surface area contributed by atoms with Gasteiger partial charge in [0.1, 0.15) is 0 Å². The lowest BCUT2D eigenvalue weighted by Gasteiger charge is -2.10. The molecule has 0 heterocycles. The van der Waals surface area contributed by atoms with Crippen LogP contribution in [0.25, 0.3) is 0 Å². The topological polar surface area (TPSA) is 119 Å². The van der Waals surface area contributed by atoms with E-state index in [1.165, 1.54) is 24.3 Å². The van der Waals surface area contributed by atoms with Crippen LogP contribution in [0.4, 0.5) is 5.69 Å². The normalized spacial score (nSPS) is 12.5. The molecule has 156 valence electrons. The van der Waals surface area contributed by atoms with Crippen molar-refractivity contribution in [3.05, 3.63) is 90.0 Å². The summed E-state index contributed by atoms with van der Waals surface area (Å²) >= 11 is 0. The summed E-state index contributed by atoms with van der Waals surface area (Å²) in [7, 11) is -7.41. The molecule has 0 bridgehead atoms. The Morgan fingerprint density at radius 2 is 1.43 bits per heavy atom. The van der Waals surface area contributed by atoms with E-state index in [0.29, 0.717) is 17.0 Å². The summed E-state index contributed by atoms with van der Waals surface area (Å²) in [6.07, 6.45) is 0. The van der Waals surface area contributed by atoms with Gasteiger partial charge >= 0.3 is 0 Å². The van der Waals surface area contributed by atoms with Crippen molar-refractivity contribution in [2.75, 3.05) is 11.2 Å². The summed E-state index contributed by atoms with van der Waals surface area (Å²) in [5, 5.41) is 9.40. The number of hydrazone groups is 1. The molecule has 0 amide bonds. The fourth-order valence-electron chi connectivity index (χ4n) is 2.67. The minimum absolute atomic E-state index is 0.0255. The predicted octanol–water partition coefficient (Wildman–Crippen LogP) is 2.93. The Balaban J connectivity index is 1.92. The fraction of sp³-hybridized carbons (Fsp3) is 0.0952. The molecule has 0 aliphatic heterocycles. The first-order valence-corrected chi connectivity index (χ1v) is 12.2. The van der Waals surface area contributed by atoms with E-state index in [4.69, 9.17) is 5.14 Å². The second-order valence-electron chi connectivity index (χ2n) is 6.68. The molecule has 3 N–H and O–H groups in total. The Morgan fingerprint density at radius 1 is 0.833 bits per heavy atom. The molecular formula is C21H21N3O4S2. The zero-order valence-electron chi connectivity index (χ0n) is 16.2. The van der Waals surface area contributed by atoms with Gasteiger partial charge in [0.2, 0.25) is 10.0 Å². The van der Waals surface area contributed by atoms with E-state index in [0.717, 1.165) is 5.56 Å². The SMILES string of the molecule is Cc1ccc(/C(CS(=O)(=O)c2ccccc2)=N/Nc2ccc(S(N)(=O)=O)cc2)cc1. The van der Waals surface area contributed by atoms with Crippen molar-refractivity contribution in [1.82, 2.24) is 0 Å². The highest BCUT2D eigenvalue weighted by atomic mass is 32.2. The molecule has 3 aromatic rings. The number of aryl methyl sites for hydroxylation is 1. The molecule has 0 unspecified atom stereocenters. The van der Waals surface area contributed by atoms with E-state index < -0.39 is 19.9 Å². The molecule has 0 spiro atoms. The van der Waals surface area contributed by atoms with Gasteiger partial charge in [-0.05, 0) is 48.9 Å². The predicted molar refractivity (Wildman–Crippen MR) is 118 cm³/mol. The number of nitrogens with one attached hydrogen (secondary N) is 1. The average molecular weight is 444 g/mol. The highest BCUT2D eigenvalue weighted by Crippen LogP contribution is 2.16. The van der Waals surface area contributed by atoms with Crippen LogP contribution < -0.4 is 10.6 Å². The molecule has 30 heavy (non-hydrogen) atoms. The molecule has 0 saturated carbocycles. The minimum atomic E-state index is -3.80. The molecule has 0 aliphatic carbocycles. The maximum Gasteiger partial charge on any atom is 0.238 e. The van der Waals surface area contributed by atoms with Crippen LogP contribution in [0.1, 0.15) is 11.1 Å². The smallest absolute Gasteiger partial charge is 0.238 e. The van der Waals surface area contributed by atoms with Gasteiger partial charge in [-0.2, -0.15) is 5.10 Å². The summed E-state index contributed by atoms with van der Waals surface area (Å²) in [5.41, 5.74) is 5.31. The van der Waals surface area contributed by atoms with E-state index in [-0.39, 0.29) is 15.5 Å². The van der Waals surface area contributed by atoms with Crippen LogP contribution in [-0.4, -0.2) is 28.3 Å². The summed E-state index contributed by atoms with van der Waals surface area (Å²) in [6, 6.07) is 21.2. The van der Waals surface area contributed by atoms with Crippen molar-refractivity contribution in [3.8, 4) is 0 Å². The largest absolute Gasteiger partial charge is 0.278 e. The van der Waals surface area contributed by atoms with Crippen molar-refractivity contribution < 1.29 is 16.8 Å². The lowest BCUT2D eigenvalue weighted by Crippen LogP contribution is -2.19. The molecule has 0 aliphatic rings. The number of nitrogens with two attached hydrogens (primary N) is 1. The van der Waals surface area contributed by atoms with Crippen LogP contribution in [-0.2, 0) is 19.9 Å². The fourth-order valence-corrected chi connectivity index (χ4v) is 4.51. The molecule has 0 saturated heterocycles. The van der Waals surface area contributed by atoms with Gasteiger partial charge in [0, 0.05) is 0 Å². The van der Waals surface area contributed by atoms with Gasteiger partial charge < -0.3 is 0 Å². The van der Waals surface area contributed by atoms with Crippen LogP contribution in [0, 0.1) is 6.92 Å². The van der Waals surface area contributed by atoms with Gasteiger partial charge in [-0.25, -0.2) is 22.0 Å². The zero-order chi connectivity index (χ0) is 21.8. The van der Waals surface area contributed by atoms with Crippen LogP contribution >= 0.6 is 0 Å². The molecule has 3 rings (SSSR count). The molecule has 0 radical (unpaired) electrons. The first-order chi connectivity index (χ1) is 14.1. The number of sulfone groups is 1. The second kappa shape index (κ2) is 8.78. The lowest BCUT2D eigenvalue weighted by atomic mass is 10.1. The molecule has 0 atom stereocenters. The van der Waals surface area contributed by atoms with Crippen molar-refractivity contribution >= 4 is 31.3 Å².